The zero-order valence-electron chi connectivity index (χ0n) is 16.0. The molecule has 1 atom stereocenters. The largest absolute Gasteiger partial charge is 0.497 e. The Bertz CT molecular complexity index is 927. The number of nitrogens with zero attached hydrogens (tertiary/aromatic N) is 3. The summed E-state index contributed by atoms with van der Waals surface area (Å²) in [6, 6.07) is 15.2. The zero-order chi connectivity index (χ0) is 19.3. The second-order valence-electron chi connectivity index (χ2n) is 7.13. The summed E-state index contributed by atoms with van der Waals surface area (Å²) < 4.78 is 24.7. The Morgan fingerprint density at radius 1 is 1.18 bits per heavy atom. The van der Waals surface area contributed by atoms with Crippen molar-refractivity contribution in [2.24, 2.45) is 0 Å². The van der Waals surface area contributed by atoms with E-state index in [4.69, 9.17) is 9.26 Å². The van der Waals surface area contributed by atoms with E-state index in [1.54, 1.807) is 19.2 Å². The third kappa shape index (κ3) is 4.22. The molecule has 28 heavy (non-hydrogen) atoms. The van der Waals surface area contributed by atoms with Crippen molar-refractivity contribution in [3.63, 3.8) is 0 Å². The molecule has 0 amide bonds. The smallest absolute Gasteiger partial charge is 0.240 e. The molecule has 0 saturated carbocycles. The van der Waals surface area contributed by atoms with Crippen molar-refractivity contribution >= 4 is 0 Å². The molecule has 0 aliphatic carbocycles. The molecule has 1 saturated heterocycles. The van der Waals surface area contributed by atoms with Crippen molar-refractivity contribution in [1.29, 1.82) is 0 Å². The van der Waals surface area contributed by atoms with Crippen LogP contribution in [0.5, 0.6) is 5.75 Å². The van der Waals surface area contributed by atoms with Crippen LogP contribution in [0.1, 0.15) is 48.1 Å². The number of hydrogen-bond acceptors (Lipinski definition) is 5. The summed E-state index contributed by atoms with van der Waals surface area (Å²) in [6.45, 7) is 1.57. The minimum absolute atomic E-state index is 0.247. The lowest BCUT2D eigenvalue weighted by molar-refractivity contribution is 0.123. The van der Waals surface area contributed by atoms with Gasteiger partial charge in [0.05, 0.1) is 13.7 Å². The average molecular weight is 381 g/mol. The van der Waals surface area contributed by atoms with Crippen LogP contribution in [0.3, 0.4) is 0 Å². The van der Waals surface area contributed by atoms with Gasteiger partial charge in [0.2, 0.25) is 5.89 Å². The summed E-state index contributed by atoms with van der Waals surface area (Å²) in [5.41, 5.74) is 1.81. The molecule has 1 aliphatic rings. The van der Waals surface area contributed by atoms with E-state index in [1.807, 2.05) is 18.2 Å². The number of ether oxygens (including phenoxy) is 1. The van der Waals surface area contributed by atoms with E-state index in [2.05, 4.69) is 27.2 Å². The SMILES string of the molecule is COc1cccc([C@H]2CCCCN2Cc2nc(Cc3ccccc3F)no2)c1. The van der Waals surface area contributed by atoms with Gasteiger partial charge in [-0.3, -0.25) is 4.90 Å². The summed E-state index contributed by atoms with van der Waals surface area (Å²) >= 11 is 0. The fourth-order valence-electron chi connectivity index (χ4n) is 3.82. The van der Waals surface area contributed by atoms with E-state index in [0.29, 0.717) is 36.3 Å². The average Bonchev–Trinajstić information content (AvgIpc) is 3.17. The van der Waals surface area contributed by atoms with Gasteiger partial charge >= 0.3 is 0 Å². The van der Waals surface area contributed by atoms with Crippen LogP contribution < -0.4 is 4.74 Å². The highest BCUT2D eigenvalue weighted by Gasteiger charge is 2.26. The molecule has 0 N–H and O–H groups in total. The van der Waals surface area contributed by atoms with E-state index < -0.39 is 0 Å². The highest BCUT2D eigenvalue weighted by atomic mass is 19.1. The van der Waals surface area contributed by atoms with Gasteiger partial charge in [0.1, 0.15) is 11.6 Å². The van der Waals surface area contributed by atoms with Crippen LogP contribution in [0.25, 0.3) is 0 Å². The molecule has 1 aromatic heterocycles. The lowest BCUT2D eigenvalue weighted by Gasteiger charge is -2.35. The van der Waals surface area contributed by atoms with E-state index in [-0.39, 0.29) is 5.82 Å². The predicted octanol–water partition coefficient (Wildman–Crippen LogP) is 4.54. The van der Waals surface area contributed by atoms with Crippen molar-refractivity contribution in [2.45, 2.75) is 38.3 Å². The van der Waals surface area contributed by atoms with Gasteiger partial charge in [-0.2, -0.15) is 4.98 Å². The van der Waals surface area contributed by atoms with Gasteiger partial charge in [-0.1, -0.05) is 41.9 Å². The Balaban J connectivity index is 1.48. The molecule has 2 heterocycles. The molecule has 146 valence electrons. The van der Waals surface area contributed by atoms with Crippen molar-refractivity contribution in [3.8, 4) is 5.75 Å². The number of benzene rings is 2. The molecule has 0 spiro atoms. The molecule has 6 heteroatoms. The highest BCUT2D eigenvalue weighted by Crippen LogP contribution is 2.33. The quantitative estimate of drug-likeness (QED) is 0.628. The van der Waals surface area contributed by atoms with Crippen LogP contribution in [0.4, 0.5) is 4.39 Å². The third-order valence-electron chi connectivity index (χ3n) is 5.25. The molecular weight excluding hydrogens is 357 g/mol. The van der Waals surface area contributed by atoms with Crippen LogP contribution in [0.15, 0.2) is 53.1 Å². The van der Waals surface area contributed by atoms with Gasteiger partial charge < -0.3 is 9.26 Å². The Morgan fingerprint density at radius 3 is 2.93 bits per heavy atom. The van der Waals surface area contributed by atoms with Crippen molar-refractivity contribution < 1.29 is 13.7 Å². The second kappa shape index (κ2) is 8.52. The van der Waals surface area contributed by atoms with Gasteiger partial charge in [-0.25, -0.2) is 4.39 Å². The van der Waals surface area contributed by atoms with Crippen LogP contribution in [0, 0.1) is 5.82 Å². The van der Waals surface area contributed by atoms with Gasteiger partial charge in [0.15, 0.2) is 5.82 Å². The Hall–Kier alpha value is -2.73. The normalized spacial score (nSPS) is 17.6. The van der Waals surface area contributed by atoms with Crippen LogP contribution >= 0.6 is 0 Å². The number of likely N-dealkylation sites (tertiary alicyclic amines) is 1. The second-order valence-corrected chi connectivity index (χ2v) is 7.13. The van der Waals surface area contributed by atoms with E-state index in [0.717, 1.165) is 25.1 Å². The Morgan fingerprint density at radius 2 is 2.07 bits per heavy atom. The summed E-state index contributed by atoms with van der Waals surface area (Å²) in [5, 5.41) is 4.04. The summed E-state index contributed by atoms with van der Waals surface area (Å²) in [4.78, 5) is 6.87. The molecule has 5 nitrogen and oxygen atoms in total. The first-order valence-corrected chi connectivity index (χ1v) is 9.66. The maximum absolute atomic E-state index is 13.9. The Labute approximate surface area is 164 Å². The van der Waals surface area contributed by atoms with Crippen LogP contribution in [-0.2, 0) is 13.0 Å². The Kier molecular flexibility index (Phi) is 5.67. The number of rotatable bonds is 6. The first kappa shape index (κ1) is 18.6. The standard InChI is InChI=1S/C22H24FN3O2/c1-27-18-9-6-8-17(13-18)20-11-4-5-12-26(20)15-22-24-21(25-28-22)14-16-7-2-3-10-19(16)23/h2-3,6-10,13,20H,4-5,11-12,14-15H2,1H3/t20-/m1/s1. The molecule has 3 aromatic rings. The minimum atomic E-state index is -0.247. The van der Waals surface area contributed by atoms with Crippen LogP contribution in [0.2, 0.25) is 0 Å². The van der Waals surface area contributed by atoms with Crippen molar-refractivity contribution in [2.75, 3.05) is 13.7 Å². The molecule has 4 rings (SSSR count). The number of halogens is 1. The first-order valence-electron chi connectivity index (χ1n) is 9.66. The maximum atomic E-state index is 13.9. The van der Waals surface area contributed by atoms with Gasteiger partial charge in [-0.15, -0.1) is 0 Å². The fourth-order valence-corrected chi connectivity index (χ4v) is 3.82. The zero-order valence-corrected chi connectivity index (χ0v) is 16.0. The van der Waals surface area contributed by atoms with E-state index in [9.17, 15) is 4.39 Å². The van der Waals surface area contributed by atoms with Crippen molar-refractivity contribution in [1.82, 2.24) is 15.0 Å². The topological polar surface area (TPSA) is 51.4 Å². The highest BCUT2D eigenvalue weighted by molar-refractivity contribution is 5.31. The lowest BCUT2D eigenvalue weighted by Crippen LogP contribution is -2.33. The molecule has 1 fully saturated rings. The number of piperidine rings is 1. The first-order chi connectivity index (χ1) is 13.7. The predicted molar refractivity (Wildman–Crippen MR) is 104 cm³/mol. The summed E-state index contributed by atoms with van der Waals surface area (Å²) in [5.74, 6) is 1.70. The lowest BCUT2D eigenvalue weighted by atomic mass is 9.95. The summed E-state index contributed by atoms with van der Waals surface area (Å²) in [6.07, 6.45) is 3.76. The van der Waals surface area contributed by atoms with Gasteiger partial charge in [-0.05, 0) is 48.7 Å². The summed E-state index contributed by atoms with van der Waals surface area (Å²) in [7, 11) is 1.69. The molecule has 0 radical (unpaired) electrons. The van der Waals surface area contributed by atoms with Gasteiger partial charge in [0, 0.05) is 12.5 Å². The molecular formula is C22H24FN3O2. The molecule has 1 aliphatic heterocycles. The molecule has 0 bridgehead atoms. The third-order valence-corrected chi connectivity index (χ3v) is 5.25. The van der Waals surface area contributed by atoms with E-state index >= 15 is 0 Å². The van der Waals surface area contributed by atoms with E-state index in [1.165, 1.54) is 18.1 Å². The fraction of sp³-hybridized carbons (Fsp3) is 0.364. The molecule has 0 unspecified atom stereocenters. The monoisotopic (exact) mass is 381 g/mol. The number of aromatic nitrogens is 2. The minimum Gasteiger partial charge on any atom is -0.497 e. The van der Waals surface area contributed by atoms with Crippen LogP contribution in [-0.4, -0.2) is 28.7 Å². The maximum Gasteiger partial charge on any atom is 0.240 e. The number of hydrogen-bond donors (Lipinski definition) is 0. The van der Waals surface area contributed by atoms with Gasteiger partial charge in [0.25, 0.3) is 0 Å². The number of methoxy groups -OCH3 is 1. The molecule has 2 aromatic carbocycles. The van der Waals surface area contributed by atoms with Crippen molar-refractivity contribution in [3.05, 3.63) is 77.2 Å².